The first kappa shape index (κ1) is 19.1. The Kier molecular flexibility index (Phi) is 5.05. The minimum atomic E-state index is -0.555. The van der Waals surface area contributed by atoms with Crippen LogP contribution in [-0.2, 0) is 9.59 Å². The van der Waals surface area contributed by atoms with Crippen molar-refractivity contribution in [1.29, 1.82) is 0 Å². The van der Waals surface area contributed by atoms with Gasteiger partial charge in [-0.15, -0.1) is 0 Å². The lowest BCUT2D eigenvalue weighted by atomic mass is 9.99. The van der Waals surface area contributed by atoms with Crippen molar-refractivity contribution >= 4 is 63.3 Å². The van der Waals surface area contributed by atoms with E-state index in [1.54, 1.807) is 37.5 Å². The molecule has 2 amide bonds. The van der Waals surface area contributed by atoms with Gasteiger partial charge in [-0.25, -0.2) is 0 Å². The monoisotopic (exact) mass is 422 g/mol. The molecular formula is C22H15ClN2O3S. The zero-order valence-electron chi connectivity index (χ0n) is 15.3. The number of hydrogen-bond donors (Lipinski definition) is 1. The van der Waals surface area contributed by atoms with Crippen LogP contribution in [0, 0.1) is 0 Å². The van der Waals surface area contributed by atoms with E-state index in [4.69, 9.17) is 28.6 Å². The number of methoxy groups -OCH3 is 1. The molecule has 4 rings (SSSR count). The maximum Gasteiger partial charge on any atom is 0.270 e. The highest BCUT2D eigenvalue weighted by atomic mass is 35.5. The van der Waals surface area contributed by atoms with Crippen molar-refractivity contribution in [3.63, 3.8) is 0 Å². The molecule has 0 aromatic heterocycles. The predicted molar refractivity (Wildman–Crippen MR) is 118 cm³/mol. The third kappa shape index (κ3) is 3.48. The van der Waals surface area contributed by atoms with Gasteiger partial charge in [0.15, 0.2) is 5.11 Å². The molecule has 1 N–H and O–H groups in total. The van der Waals surface area contributed by atoms with Gasteiger partial charge in [0.05, 0.1) is 12.8 Å². The van der Waals surface area contributed by atoms with E-state index in [-0.39, 0.29) is 10.7 Å². The fraction of sp³-hybridized carbons (Fsp3) is 0.0455. The van der Waals surface area contributed by atoms with Gasteiger partial charge in [-0.1, -0.05) is 41.9 Å². The SMILES string of the molecule is COc1ccc2ccccc2c1/C=C1/C(=O)NC(=S)N(c2ccc(Cl)cc2)C1=O. The normalized spacial score (nSPS) is 15.7. The number of fused-ring (bicyclic) bond motifs is 1. The second-order valence-corrected chi connectivity index (χ2v) is 7.16. The lowest BCUT2D eigenvalue weighted by Crippen LogP contribution is -2.54. The number of rotatable bonds is 3. The average Bonchev–Trinajstić information content (AvgIpc) is 2.72. The summed E-state index contributed by atoms with van der Waals surface area (Å²) in [5, 5.41) is 4.97. The van der Waals surface area contributed by atoms with Gasteiger partial charge in [-0.3, -0.25) is 19.8 Å². The summed E-state index contributed by atoms with van der Waals surface area (Å²) >= 11 is 11.2. The molecule has 1 aliphatic rings. The Morgan fingerprint density at radius 2 is 1.76 bits per heavy atom. The Labute approximate surface area is 177 Å². The van der Waals surface area contributed by atoms with Crippen LogP contribution in [-0.4, -0.2) is 24.0 Å². The third-order valence-corrected chi connectivity index (χ3v) is 5.16. The second-order valence-electron chi connectivity index (χ2n) is 6.34. The molecule has 0 unspecified atom stereocenters. The molecule has 1 aliphatic heterocycles. The highest BCUT2D eigenvalue weighted by molar-refractivity contribution is 7.80. The zero-order chi connectivity index (χ0) is 20.5. The van der Waals surface area contributed by atoms with Crippen molar-refractivity contribution in [1.82, 2.24) is 5.32 Å². The smallest absolute Gasteiger partial charge is 0.270 e. The molecule has 1 saturated heterocycles. The van der Waals surface area contributed by atoms with Crippen LogP contribution in [0.4, 0.5) is 5.69 Å². The number of ether oxygens (including phenoxy) is 1. The largest absolute Gasteiger partial charge is 0.496 e. The van der Waals surface area contributed by atoms with Gasteiger partial charge in [0.1, 0.15) is 11.3 Å². The number of nitrogens with zero attached hydrogens (tertiary/aromatic N) is 1. The molecule has 3 aromatic rings. The van der Waals surface area contributed by atoms with E-state index in [0.717, 1.165) is 10.8 Å². The van der Waals surface area contributed by atoms with Crippen LogP contribution in [0.2, 0.25) is 5.02 Å². The number of carbonyl (C=O) groups excluding carboxylic acids is 2. The van der Waals surface area contributed by atoms with Gasteiger partial charge in [0.2, 0.25) is 0 Å². The molecule has 0 atom stereocenters. The first-order valence-corrected chi connectivity index (χ1v) is 9.51. The summed E-state index contributed by atoms with van der Waals surface area (Å²) in [5.74, 6) is -0.515. The molecule has 0 aliphatic carbocycles. The van der Waals surface area contributed by atoms with Crippen molar-refractivity contribution < 1.29 is 14.3 Å². The van der Waals surface area contributed by atoms with E-state index in [2.05, 4.69) is 5.32 Å². The lowest BCUT2D eigenvalue weighted by molar-refractivity contribution is -0.122. The van der Waals surface area contributed by atoms with Crippen LogP contribution < -0.4 is 15.0 Å². The number of nitrogens with one attached hydrogen (secondary N) is 1. The second kappa shape index (κ2) is 7.66. The topological polar surface area (TPSA) is 58.6 Å². The summed E-state index contributed by atoms with van der Waals surface area (Å²) in [6, 6.07) is 18.1. The van der Waals surface area contributed by atoms with Gasteiger partial charge in [-0.2, -0.15) is 0 Å². The third-order valence-electron chi connectivity index (χ3n) is 4.63. The maximum atomic E-state index is 13.2. The van der Waals surface area contributed by atoms with Gasteiger partial charge in [0, 0.05) is 10.6 Å². The van der Waals surface area contributed by atoms with Crippen molar-refractivity contribution in [2.45, 2.75) is 0 Å². The average molecular weight is 423 g/mol. The predicted octanol–water partition coefficient (Wildman–Crippen LogP) is 4.33. The van der Waals surface area contributed by atoms with Crippen LogP contribution >= 0.6 is 23.8 Å². The molecule has 5 nitrogen and oxygen atoms in total. The molecule has 0 spiro atoms. The molecule has 144 valence electrons. The number of benzene rings is 3. The van der Waals surface area contributed by atoms with Gasteiger partial charge in [-0.05, 0) is 59.4 Å². The molecule has 1 heterocycles. The minimum Gasteiger partial charge on any atom is -0.496 e. The van der Waals surface area contributed by atoms with E-state index in [1.807, 2.05) is 36.4 Å². The van der Waals surface area contributed by atoms with Crippen LogP contribution in [0.5, 0.6) is 5.75 Å². The number of carbonyl (C=O) groups is 2. The van der Waals surface area contributed by atoms with Gasteiger partial charge in [0.25, 0.3) is 11.8 Å². The lowest BCUT2D eigenvalue weighted by Gasteiger charge is -2.29. The van der Waals surface area contributed by atoms with Crippen molar-refractivity contribution in [2.24, 2.45) is 0 Å². The Bertz CT molecular complexity index is 1190. The Hall–Kier alpha value is -3.22. The van der Waals surface area contributed by atoms with Gasteiger partial charge >= 0.3 is 0 Å². The van der Waals surface area contributed by atoms with E-state index < -0.39 is 11.8 Å². The van der Waals surface area contributed by atoms with Crippen molar-refractivity contribution in [2.75, 3.05) is 12.0 Å². The van der Waals surface area contributed by atoms with Crippen LogP contribution in [0.3, 0.4) is 0 Å². The Balaban J connectivity index is 1.86. The van der Waals surface area contributed by atoms with E-state index in [1.165, 1.54) is 4.90 Å². The standard InChI is InChI=1S/C22H15ClN2O3S/c1-28-19-11-6-13-4-2-3-5-16(13)17(19)12-18-20(26)24-22(29)25(21(18)27)15-9-7-14(23)8-10-15/h2-12H,1H3,(H,24,26,29)/b18-12-. The highest BCUT2D eigenvalue weighted by Crippen LogP contribution is 2.31. The fourth-order valence-corrected chi connectivity index (χ4v) is 3.64. The Morgan fingerprint density at radius 3 is 2.48 bits per heavy atom. The van der Waals surface area contributed by atoms with E-state index in [0.29, 0.717) is 22.0 Å². The minimum absolute atomic E-state index is 0.0179. The molecule has 7 heteroatoms. The number of halogens is 1. The van der Waals surface area contributed by atoms with Crippen LogP contribution in [0.1, 0.15) is 5.56 Å². The first-order chi connectivity index (χ1) is 14.0. The molecule has 1 fully saturated rings. The Morgan fingerprint density at radius 1 is 1.03 bits per heavy atom. The van der Waals surface area contributed by atoms with Gasteiger partial charge < -0.3 is 4.74 Å². The zero-order valence-corrected chi connectivity index (χ0v) is 16.9. The van der Waals surface area contributed by atoms with Crippen LogP contribution in [0.15, 0.2) is 66.2 Å². The molecule has 29 heavy (non-hydrogen) atoms. The summed E-state index contributed by atoms with van der Waals surface area (Å²) in [4.78, 5) is 27.1. The summed E-state index contributed by atoms with van der Waals surface area (Å²) in [6.45, 7) is 0. The molecular weight excluding hydrogens is 408 g/mol. The summed E-state index contributed by atoms with van der Waals surface area (Å²) in [5.41, 5.74) is 1.12. The molecule has 3 aromatic carbocycles. The first-order valence-electron chi connectivity index (χ1n) is 8.72. The van der Waals surface area contributed by atoms with Crippen molar-refractivity contribution in [3.05, 3.63) is 76.8 Å². The highest BCUT2D eigenvalue weighted by Gasteiger charge is 2.34. The molecule has 0 bridgehead atoms. The van der Waals surface area contributed by atoms with Crippen LogP contribution in [0.25, 0.3) is 16.8 Å². The summed E-state index contributed by atoms with van der Waals surface area (Å²) in [6.07, 6.45) is 1.55. The van der Waals surface area contributed by atoms with E-state index >= 15 is 0 Å². The summed E-state index contributed by atoms with van der Waals surface area (Å²) < 4.78 is 5.47. The number of thiocarbonyl (C=S) groups is 1. The summed E-state index contributed by atoms with van der Waals surface area (Å²) in [7, 11) is 1.55. The van der Waals surface area contributed by atoms with E-state index in [9.17, 15) is 9.59 Å². The van der Waals surface area contributed by atoms with Crippen molar-refractivity contribution in [3.8, 4) is 5.75 Å². The fourth-order valence-electron chi connectivity index (χ4n) is 3.23. The number of anilines is 1. The molecule has 0 radical (unpaired) electrons. The number of hydrogen-bond acceptors (Lipinski definition) is 4. The maximum absolute atomic E-state index is 13.2. The molecule has 0 saturated carbocycles. The quantitative estimate of drug-likeness (QED) is 0.387. The number of amides is 2.